The molecule has 1 heterocycles. The average Bonchev–Trinajstić information content (AvgIpc) is 2.68. The largest absolute Gasteiger partial charge is 0.433 e. The summed E-state index contributed by atoms with van der Waals surface area (Å²) in [6.07, 6.45) is 0. The van der Waals surface area contributed by atoms with Gasteiger partial charge in [0.1, 0.15) is 5.75 Å². The minimum Gasteiger partial charge on any atom is -0.433 e. The maximum atomic E-state index is 12.5. The van der Waals surface area contributed by atoms with Gasteiger partial charge in [0.15, 0.2) is 5.16 Å². The number of aryl methyl sites for hydroxylation is 1. The van der Waals surface area contributed by atoms with Crippen LogP contribution < -0.4 is 10.1 Å². The zero-order valence-corrected chi connectivity index (χ0v) is 15.7. The Morgan fingerprint density at radius 2 is 1.82 bits per heavy atom. The summed E-state index contributed by atoms with van der Waals surface area (Å²) < 4.78 is 29.3. The maximum absolute atomic E-state index is 12.5. The topological polar surface area (TPSA) is 64.1 Å². The van der Waals surface area contributed by atoms with Crippen molar-refractivity contribution in [2.24, 2.45) is 0 Å². The van der Waals surface area contributed by atoms with Gasteiger partial charge in [0.05, 0.1) is 17.1 Å². The molecule has 1 aromatic heterocycles. The summed E-state index contributed by atoms with van der Waals surface area (Å²) in [5.74, 6) is -0.434. The Kier molecular flexibility index (Phi) is 6.54. The van der Waals surface area contributed by atoms with E-state index < -0.39 is 6.61 Å². The van der Waals surface area contributed by atoms with Crippen LogP contribution >= 0.6 is 11.8 Å². The monoisotopic (exact) mass is 401 g/mol. The predicted molar refractivity (Wildman–Crippen MR) is 105 cm³/mol. The molecule has 0 aliphatic carbocycles. The number of amides is 1. The van der Waals surface area contributed by atoms with Crippen LogP contribution in [0.3, 0.4) is 0 Å². The molecule has 5 nitrogen and oxygen atoms in total. The second-order valence-corrected chi connectivity index (χ2v) is 6.70. The number of aromatic nitrogens is 2. The van der Waals surface area contributed by atoms with Gasteiger partial charge in [-0.3, -0.25) is 4.79 Å². The first kappa shape index (κ1) is 19.8. The van der Waals surface area contributed by atoms with Gasteiger partial charge in [0.25, 0.3) is 0 Å². The van der Waals surface area contributed by atoms with E-state index in [-0.39, 0.29) is 23.1 Å². The zero-order chi connectivity index (χ0) is 19.9. The number of halogens is 2. The second-order valence-electron chi connectivity index (χ2n) is 5.75. The number of hydrogen-bond acceptors (Lipinski definition) is 5. The number of hydrogen-bond donors (Lipinski definition) is 1. The maximum Gasteiger partial charge on any atom is 0.387 e. The van der Waals surface area contributed by atoms with Crippen LogP contribution in [0, 0.1) is 6.92 Å². The molecule has 3 rings (SSSR count). The van der Waals surface area contributed by atoms with E-state index in [2.05, 4.69) is 20.0 Å². The van der Waals surface area contributed by atoms with Gasteiger partial charge in [-0.05, 0) is 25.1 Å². The third kappa shape index (κ3) is 5.50. The first-order valence-corrected chi connectivity index (χ1v) is 9.37. The van der Waals surface area contributed by atoms with Crippen LogP contribution in [0.5, 0.6) is 5.75 Å². The molecule has 0 spiro atoms. The van der Waals surface area contributed by atoms with Gasteiger partial charge in [0.2, 0.25) is 5.91 Å². The van der Waals surface area contributed by atoms with Gasteiger partial charge in [-0.25, -0.2) is 9.97 Å². The molecule has 144 valence electrons. The smallest absolute Gasteiger partial charge is 0.387 e. The molecule has 0 saturated heterocycles. The number of rotatable bonds is 7. The van der Waals surface area contributed by atoms with Crippen LogP contribution in [0.15, 0.2) is 65.8 Å². The minimum atomic E-state index is -2.97. The van der Waals surface area contributed by atoms with Crippen molar-refractivity contribution in [3.05, 3.63) is 66.4 Å². The molecular formula is C20H17F2N3O2S. The molecule has 1 amide bonds. The van der Waals surface area contributed by atoms with E-state index in [0.29, 0.717) is 5.16 Å². The van der Waals surface area contributed by atoms with E-state index in [4.69, 9.17) is 0 Å². The van der Waals surface area contributed by atoms with Crippen LogP contribution in [0.1, 0.15) is 5.69 Å². The van der Waals surface area contributed by atoms with Crippen LogP contribution in [0.4, 0.5) is 14.5 Å². The number of anilines is 1. The van der Waals surface area contributed by atoms with Crippen LogP contribution in [0.2, 0.25) is 0 Å². The molecule has 0 atom stereocenters. The van der Waals surface area contributed by atoms with Crippen molar-refractivity contribution in [3.8, 4) is 17.0 Å². The molecule has 2 aromatic carbocycles. The van der Waals surface area contributed by atoms with Gasteiger partial charge < -0.3 is 10.1 Å². The molecule has 0 radical (unpaired) electrons. The normalized spacial score (nSPS) is 10.7. The Labute approximate surface area is 165 Å². The third-order valence-corrected chi connectivity index (χ3v) is 4.46. The van der Waals surface area contributed by atoms with Gasteiger partial charge in [-0.2, -0.15) is 8.78 Å². The molecule has 8 heteroatoms. The molecule has 28 heavy (non-hydrogen) atoms. The number of para-hydroxylation sites is 2. The molecular weight excluding hydrogens is 384 g/mol. The fourth-order valence-corrected chi connectivity index (χ4v) is 3.15. The highest BCUT2D eigenvalue weighted by Crippen LogP contribution is 2.26. The van der Waals surface area contributed by atoms with E-state index in [1.54, 1.807) is 12.1 Å². The highest BCUT2D eigenvalue weighted by Gasteiger charge is 2.13. The van der Waals surface area contributed by atoms with E-state index in [0.717, 1.165) is 17.0 Å². The van der Waals surface area contributed by atoms with E-state index in [1.807, 2.05) is 43.3 Å². The van der Waals surface area contributed by atoms with E-state index >= 15 is 0 Å². The number of thioether (sulfide) groups is 1. The molecule has 0 bridgehead atoms. The highest BCUT2D eigenvalue weighted by molar-refractivity contribution is 7.99. The van der Waals surface area contributed by atoms with Crippen molar-refractivity contribution in [2.75, 3.05) is 11.1 Å². The number of alkyl halides is 2. The van der Waals surface area contributed by atoms with Crippen molar-refractivity contribution in [1.29, 1.82) is 0 Å². The molecule has 1 N–H and O–H groups in total. The number of nitrogens with zero attached hydrogens (tertiary/aromatic N) is 2. The summed E-state index contributed by atoms with van der Waals surface area (Å²) in [6, 6.07) is 17.6. The fourth-order valence-electron chi connectivity index (χ4n) is 2.45. The summed E-state index contributed by atoms with van der Waals surface area (Å²) in [7, 11) is 0. The highest BCUT2D eigenvalue weighted by atomic mass is 32.2. The summed E-state index contributed by atoms with van der Waals surface area (Å²) in [5.41, 5.74) is 2.69. The Hall–Kier alpha value is -3.00. The van der Waals surface area contributed by atoms with Gasteiger partial charge >= 0.3 is 6.61 Å². The van der Waals surface area contributed by atoms with Gasteiger partial charge in [0, 0.05) is 11.3 Å². The molecule has 3 aromatic rings. The lowest BCUT2D eigenvalue weighted by atomic mass is 10.1. The molecule has 0 fully saturated rings. The Balaban J connectivity index is 1.66. The van der Waals surface area contributed by atoms with Crippen LogP contribution in [-0.2, 0) is 4.79 Å². The average molecular weight is 401 g/mol. The van der Waals surface area contributed by atoms with Crippen molar-refractivity contribution >= 4 is 23.4 Å². The lowest BCUT2D eigenvalue weighted by molar-refractivity contribution is -0.113. The Morgan fingerprint density at radius 3 is 2.57 bits per heavy atom. The van der Waals surface area contributed by atoms with Crippen molar-refractivity contribution in [2.45, 2.75) is 18.7 Å². The summed E-state index contributed by atoms with van der Waals surface area (Å²) >= 11 is 1.17. The quantitative estimate of drug-likeness (QED) is 0.456. The van der Waals surface area contributed by atoms with E-state index in [9.17, 15) is 13.6 Å². The number of nitrogens with one attached hydrogen (secondary N) is 1. The van der Waals surface area contributed by atoms with Crippen molar-refractivity contribution in [1.82, 2.24) is 9.97 Å². The van der Waals surface area contributed by atoms with Gasteiger partial charge in [-0.1, -0.05) is 54.2 Å². The lowest BCUT2D eigenvalue weighted by Crippen LogP contribution is -2.16. The second kappa shape index (κ2) is 9.27. The minimum absolute atomic E-state index is 0.0285. The number of carbonyl (C=O) groups excluding carboxylic acids is 1. The van der Waals surface area contributed by atoms with Gasteiger partial charge in [-0.15, -0.1) is 0 Å². The van der Waals surface area contributed by atoms with E-state index in [1.165, 1.54) is 23.9 Å². The predicted octanol–water partition coefficient (Wildman–Crippen LogP) is 4.78. The zero-order valence-electron chi connectivity index (χ0n) is 14.9. The number of benzene rings is 2. The van der Waals surface area contributed by atoms with Crippen molar-refractivity contribution < 1.29 is 18.3 Å². The fraction of sp³-hybridized carbons (Fsp3) is 0.150. The molecule has 0 saturated carbocycles. The summed E-state index contributed by atoms with van der Waals surface area (Å²) in [5, 5.41) is 3.04. The standard InChI is InChI=1S/C20H17F2N3O2S/c1-13-11-16(14-7-3-2-4-8-14)25-20(23-13)28-12-18(26)24-15-9-5-6-10-17(15)27-19(21)22/h2-11,19H,12H2,1H3,(H,24,26). The first-order valence-electron chi connectivity index (χ1n) is 8.39. The van der Waals surface area contributed by atoms with Crippen molar-refractivity contribution in [3.63, 3.8) is 0 Å². The summed E-state index contributed by atoms with van der Waals surface area (Å²) in [4.78, 5) is 21.1. The number of ether oxygens (including phenoxy) is 1. The molecule has 0 aliphatic rings. The Morgan fingerprint density at radius 1 is 1.11 bits per heavy atom. The first-order chi connectivity index (χ1) is 13.5. The van der Waals surface area contributed by atoms with Crippen LogP contribution in [0.25, 0.3) is 11.3 Å². The third-order valence-electron chi connectivity index (χ3n) is 3.61. The molecule has 0 aliphatic heterocycles. The molecule has 0 unspecified atom stereocenters. The van der Waals surface area contributed by atoms with Crippen LogP contribution in [-0.4, -0.2) is 28.2 Å². The number of carbonyl (C=O) groups is 1. The SMILES string of the molecule is Cc1cc(-c2ccccc2)nc(SCC(=O)Nc2ccccc2OC(F)F)n1. The Bertz CT molecular complexity index is 955. The lowest BCUT2D eigenvalue weighted by Gasteiger charge is -2.11. The summed E-state index contributed by atoms with van der Waals surface area (Å²) in [6.45, 7) is -1.11.